The van der Waals surface area contributed by atoms with E-state index in [0.29, 0.717) is 26.5 Å². The van der Waals surface area contributed by atoms with Gasteiger partial charge in [-0.05, 0) is 35.9 Å². The van der Waals surface area contributed by atoms with Crippen LogP contribution in [0.1, 0.15) is 5.56 Å². The first-order valence-corrected chi connectivity index (χ1v) is 9.28. The van der Waals surface area contributed by atoms with Crippen LogP contribution in [0.4, 0.5) is 13.9 Å². The van der Waals surface area contributed by atoms with E-state index in [1.165, 1.54) is 53.4 Å². The van der Waals surface area contributed by atoms with Crippen LogP contribution in [0.15, 0.2) is 52.9 Å². The Morgan fingerprint density at radius 1 is 1.12 bits per heavy atom. The van der Waals surface area contributed by atoms with Gasteiger partial charge in [-0.2, -0.15) is 0 Å². The van der Waals surface area contributed by atoms with E-state index in [9.17, 15) is 13.6 Å². The minimum absolute atomic E-state index is 0.233. The molecule has 1 aromatic heterocycles. The Morgan fingerprint density at radius 3 is 2.65 bits per heavy atom. The van der Waals surface area contributed by atoms with Gasteiger partial charge in [-0.15, -0.1) is 10.2 Å². The molecule has 9 heteroatoms. The van der Waals surface area contributed by atoms with E-state index < -0.39 is 5.91 Å². The van der Waals surface area contributed by atoms with Gasteiger partial charge in [0.05, 0.1) is 0 Å². The van der Waals surface area contributed by atoms with Crippen LogP contribution in [0.2, 0.25) is 0 Å². The fraction of sp³-hybridized carbons (Fsp3) is 0.118. The highest BCUT2D eigenvalue weighted by Crippen LogP contribution is 2.28. The van der Waals surface area contributed by atoms with Gasteiger partial charge in [0.2, 0.25) is 5.13 Å². The smallest absolute Gasteiger partial charge is 0.264 e. The van der Waals surface area contributed by atoms with Crippen molar-refractivity contribution in [3.8, 4) is 5.75 Å². The number of hydrogen-bond acceptors (Lipinski definition) is 6. The molecule has 134 valence electrons. The number of carbonyl (C=O) groups excluding carboxylic acids is 1. The molecule has 0 bridgehead atoms. The number of anilines is 1. The van der Waals surface area contributed by atoms with Crippen molar-refractivity contribution in [2.24, 2.45) is 0 Å². The van der Waals surface area contributed by atoms with Gasteiger partial charge >= 0.3 is 0 Å². The summed E-state index contributed by atoms with van der Waals surface area (Å²) in [7, 11) is 0. The fourth-order valence-electron chi connectivity index (χ4n) is 1.91. The lowest BCUT2D eigenvalue weighted by molar-refractivity contribution is -0.118. The monoisotopic (exact) mass is 393 g/mol. The minimum atomic E-state index is -0.406. The summed E-state index contributed by atoms with van der Waals surface area (Å²) in [5, 5.41) is 10.7. The maximum Gasteiger partial charge on any atom is 0.264 e. The number of amides is 1. The zero-order valence-electron chi connectivity index (χ0n) is 13.3. The molecule has 1 heterocycles. The van der Waals surface area contributed by atoms with Crippen molar-refractivity contribution in [2.75, 3.05) is 11.9 Å². The van der Waals surface area contributed by atoms with Crippen molar-refractivity contribution in [1.29, 1.82) is 0 Å². The van der Waals surface area contributed by atoms with Crippen LogP contribution < -0.4 is 10.1 Å². The Morgan fingerprint density at radius 2 is 1.88 bits per heavy atom. The van der Waals surface area contributed by atoms with Crippen LogP contribution in [-0.4, -0.2) is 22.7 Å². The van der Waals surface area contributed by atoms with Gasteiger partial charge in [-0.3, -0.25) is 10.1 Å². The molecule has 3 aromatic rings. The van der Waals surface area contributed by atoms with Gasteiger partial charge in [0.15, 0.2) is 10.9 Å². The van der Waals surface area contributed by atoms with Crippen molar-refractivity contribution < 1.29 is 18.3 Å². The molecule has 0 aliphatic carbocycles. The summed E-state index contributed by atoms with van der Waals surface area (Å²) in [5.41, 5.74) is 0.575. The molecule has 26 heavy (non-hydrogen) atoms. The fourth-order valence-corrected chi connectivity index (χ4v) is 3.66. The Labute approximate surface area is 156 Å². The van der Waals surface area contributed by atoms with Crippen molar-refractivity contribution in [3.05, 3.63) is 65.7 Å². The van der Waals surface area contributed by atoms with Crippen molar-refractivity contribution in [3.63, 3.8) is 0 Å². The summed E-state index contributed by atoms with van der Waals surface area (Å²) < 4.78 is 32.2. The molecule has 2 aromatic carbocycles. The number of benzene rings is 2. The third kappa shape index (κ3) is 5.24. The van der Waals surface area contributed by atoms with E-state index in [-0.39, 0.29) is 18.2 Å². The summed E-state index contributed by atoms with van der Waals surface area (Å²) >= 11 is 2.53. The third-order valence-electron chi connectivity index (χ3n) is 3.15. The number of hydrogen-bond donors (Lipinski definition) is 1. The van der Waals surface area contributed by atoms with Crippen LogP contribution in [0.3, 0.4) is 0 Å². The first-order chi connectivity index (χ1) is 12.6. The largest absolute Gasteiger partial charge is 0.484 e. The summed E-state index contributed by atoms with van der Waals surface area (Å²) in [6, 6.07) is 11.9. The molecular formula is C17H13F2N3O2S2. The maximum absolute atomic E-state index is 13.6. The molecule has 0 unspecified atom stereocenters. The number of aromatic nitrogens is 2. The standard InChI is InChI=1S/C17H13F2N3O2S2/c18-12-5-7-13(8-6-12)24-9-15(23)20-16-21-22-17(26-16)25-10-11-3-1-2-4-14(11)19/h1-8H,9-10H2,(H,20,21,23). The summed E-state index contributed by atoms with van der Waals surface area (Å²) in [4.78, 5) is 11.9. The van der Waals surface area contributed by atoms with Gasteiger partial charge in [0, 0.05) is 5.75 Å². The van der Waals surface area contributed by atoms with Gasteiger partial charge in [-0.1, -0.05) is 41.3 Å². The Bertz CT molecular complexity index is 888. The summed E-state index contributed by atoms with van der Waals surface area (Å²) in [5.74, 6) is -0.244. The molecule has 0 aliphatic heterocycles. The molecule has 3 rings (SSSR count). The number of ether oxygens (including phenoxy) is 1. The summed E-state index contributed by atoms with van der Waals surface area (Å²) in [6.45, 7) is -0.233. The predicted molar refractivity (Wildman–Crippen MR) is 96.4 cm³/mol. The lowest BCUT2D eigenvalue weighted by Gasteiger charge is -2.05. The lowest BCUT2D eigenvalue weighted by atomic mass is 10.2. The number of thioether (sulfide) groups is 1. The normalized spacial score (nSPS) is 10.5. The van der Waals surface area contributed by atoms with E-state index in [2.05, 4.69) is 15.5 Å². The molecule has 0 radical (unpaired) electrons. The van der Waals surface area contributed by atoms with Gasteiger partial charge in [0.25, 0.3) is 5.91 Å². The zero-order chi connectivity index (χ0) is 18.4. The van der Waals surface area contributed by atoms with E-state index in [0.717, 1.165) is 0 Å². The van der Waals surface area contributed by atoms with E-state index in [1.54, 1.807) is 18.2 Å². The number of halogens is 2. The molecule has 1 amide bonds. The molecule has 0 saturated heterocycles. The van der Waals surface area contributed by atoms with Crippen LogP contribution in [-0.2, 0) is 10.5 Å². The molecule has 1 N–H and O–H groups in total. The molecular weight excluding hydrogens is 380 g/mol. The Hall–Kier alpha value is -2.52. The number of nitrogens with zero attached hydrogens (tertiary/aromatic N) is 2. The van der Waals surface area contributed by atoms with Crippen LogP contribution >= 0.6 is 23.1 Å². The zero-order valence-corrected chi connectivity index (χ0v) is 14.9. The summed E-state index contributed by atoms with van der Waals surface area (Å²) in [6.07, 6.45) is 0. The van der Waals surface area contributed by atoms with Gasteiger partial charge < -0.3 is 4.74 Å². The van der Waals surface area contributed by atoms with Gasteiger partial charge in [-0.25, -0.2) is 8.78 Å². The van der Waals surface area contributed by atoms with E-state index in [4.69, 9.17) is 4.74 Å². The first-order valence-electron chi connectivity index (χ1n) is 7.48. The quantitative estimate of drug-likeness (QED) is 0.483. The lowest BCUT2D eigenvalue weighted by Crippen LogP contribution is -2.20. The van der Waals surface area contributed by atoms with Crippen molar-refractivity contribution in [1.82, 2.24) is 10.2 Å². The predicted octanol–water partition coefficient (Wildman–Crippen LogP) is 4.13. The first kappa shape index (κ1) is 18.3. The highest BCUT2D eigenvalue weighted by molar-refractivity contribution is 8.00. The SMILES string of the molecule is O=C(COc1ccc(F)cc1)Nc1nnc(SCc2ccccc2F)s1. The third-order valence-corrected chi connectivity index (χ3v) is 5.17. The Balaban J connectivity index is 1.47. The maximum atomic E-state index is 13.6. The number of rotatable bonds is 7. The number of carbonyl (C=O) groups is 1. The Kier molecular flexibility index (Phi) is 6.13. The van der Waals surface area contributed by atoms with E-state index >= 15 is 0 Å². The average Bonchev–Trinajstić information content (AvgIpc) is 3.08. The second-order valence-corrected chi connectivity index (χ2v) is 7.24. The van der Waals surface area contributed by atoms with Crippen LogP contribution in [0.5, 0.6) is 5.75 Å². The average molecular weight is 393 g/mol. The molecule has 0 fully saturated rings. The molecule has 0 saturated carbocycles. The second-order valence-electron chi connectivity index (χ2n) is 5.04. The van der Waals surface area contributed by atoms with Gasteiger partial charge in [0.1, 0.15) is 17.4 Å². The number of nitrogens with one attached hydrogen (secondary N) is 1. The van der Waals surface area contributed by atoms with Crippen molar-refractivity contribution in [2.45, 2.75) is 10.1 Å². The second kappa shape index (κ2) is 8.72. The molecule has 5 nitrogen and oxygen atoms in total. The highest BCUT2D eigenvalue weighted by atomic mass is 32.2. The molecule has 0 atom stereocenters. The highest BCUT2D eigenvalue weighted by Gasteiger charge is 2.10. The topological polar surface area (TPSA) is 64.1 Å². The van der Waals surface area contributed by atoms with E-state index in [1.807, 2.05) is 0 Å². The van der Waals surface area contributed by atoms with Crippen LogP contribution in [0, 0.1) is 11.6 Å². The minimum Gasteiger partial charge on any atom is -0.484 e. The molecule has 0 aliphatic rings. The molecule has 0 spiro atoms. The van der Waals surface area contributed by atoms with Crippen molar-refractivity contribution >= 4 is 34.1 Å². The van der Waals surface area contributed by atoms with Crippen LogP contribution in [0.25, 0.3) is 0 Å².